The Balaban J connectivity index is 2.20. The Bertz CT molecular complexity index is 327. The van der Waals surface area contributed by atoms with Gasteiger partial charge in [-0.25, -0.2) is 8.42 Å². The number of rotatable bonds is 4. The van der Waals surface area contributed by atoms with Crippen LogP contribution in [0.4, 0.5) is 0 Å². The lowest BCUT2D eigenvalue weighted by Crippen LogP contribution is -2.30. The second kappa shape index (κ2) is 4.40. The van der Waals surface area contributed by atoms with E-state index < -0.39 is 9.84 Å². The highest BCUT2D eigenvalue weighted by Gasteiger charge is 2.20. The van der Waals surface area contributed by atoms with Gasteiger partial charge in [0.15, 0.2) is 9.84 Å². The molecule has 1 rings (SSSR count). The van der Waals surface area contributed by atoms with Crippen LogP contribution in [-0.2, 0) is 9.84 Å². The molecule has 0 aromatic carbocycles. The second-order valence-corrected chi connectivity index (χ2v) is 4.91. The van der Waals surface area contributed by atoms with Gasteiger partial charge in [-0.05, 0) is 13.0 Å². The Hall–Kier alpha value is -0.860. The number of unbranched alkanes of at least 4 members (excludes halogenated alkanes) is 1. The van der Waals surface area contributed by atoms with Crippen LogP contribution in [0.5, 0.6) is 0 Å². The van der Waals surface area contributed by atoms with Crippen LogP contribution in [0.2, 0.25) is 0 Å². The zero-order valence-corrected chi connectivity index (χ0v) is 8.05. The lowest BCUT2D eigenvalue weighted by Gasteiger charge is -2.07. The lowest BCUT2D eigenvalue weighted by molar-refractivity contribution is 0.585. The quantitative estimate of drug-likeness (QED) is 0.658. The van der Waals surface area contributed by atoms with Gasteiger partial charge in [-0.2, -0.15) is 5.26 Å². The summed E-state index contributed by atoms with van der Waals surface area (Å²) in [5.74, 6) is 0.152. The molecule has 0 aromatic rings. The van der Waals surface area contributed by atoms with Crippen molar-refractivity contribution in [2.45, 2.75) is 18.9 Å². The van der Waals surface area contributed by atoms with E-state index in [0.717, 1.165) is 6.42 Å². The molecule has 1 aliphatic heterocycles. The highest BCUT2D eigenvalue weighted by Crippen LogP contribution is 2.07. The van der Waals surface area contributed by atoms with Crippen molar-refractivity contribution in [2.75, 3.05) is 12.3 Å². The molecule has 13 heavy (non-hydrogen) atoms. The maximum Gasteiger partial charge on any atom is 0.173 e. The van der Waals surface area contributed by atoms with Crippen molar-refractivity contribution in [3.8, 4) is 6.07 Å². The Labute approximate surface area is 78.2 Å². The van der Waals surface area contributed by atoms with Crippen molar-refractivity contribution in [2.24, 2.45) is 0 Å². The molecule has 0 saturated carbocycles. The molecule has 1 atom stereocenters. The molecule has 1 aliphatic rings. The topological polar surface area (TPSA) is 70.0 Å². The molecule has 5 heteroatoms. The summed E-state index contributed by atoms with van der Waals surface area (Å²) in [5.41, 5.74) is 0. The molecule has 1 heterocycles. The second-order valence-electron chi connectivity index (χ2n) is 2.98. The summed E-state index contributed by atoms with van der Waals surface area (Å²) in [6.07, 6.45) is 2.93. The Morgan fingerprint density at radius 2 is 2.38 bits per heavy atom. The van der Waals surface area contributed by atoms with Crippen molar-refractivity contribution in [3.05, 3.63) is 11.5 Å². The van der Waals surface area contributed by atoms with Crippen LogP contribution in [-0.4, -0.2) is 26.8 Å². The summed E-state index contributed by atoms with van der Waals surface area (Å²) in [5, 5.41) is 12.6. The van der Waals surface area contributed by atoms with E-state index in [0.29, 0.717) is 13.0 Å². The SMILES string of the molecule is N#CCCCNC1C=CS(=O)(=O)C1. The van der Waals surface area contributed by atoms with Gasteiger partial charge in [0, 0.05) is 17.9 Å². The van der Waals surface area contributed by atoms with Gasteiger partial charge in [-0.3, -0.25) is 0 Å². The summed E-state index contributed by atoms with van der Waals surface area (Å²) in [7, 11) is -2.95. The number of sulfone groups is 1. The van der Waals surface area contributed by atoms with Gasteiger partial charge < -0.3 is 5.32 Å². The van der Waals surface area contributed by atoms with Crippen molar-refractivity contribution >= 4 is 9.84 Å². The molecule has 0 saturated heterocycles. The molecule has 0 amide bonds. The first kappa shape index (κ1) is 10.2. The van der Waals surface area contributed by atoms with Crippen molar-refractivity contribution in [1.82, 2.24) is 5.32 Å². The molecular formula is C8H12N2O2S. The van der Waals surface area contributed by atoms with E-state index in [1.165, 1.54) is 5.41 Å². The van der Waals surface area contributed by atoms with Gasteiger partial charge in [0.1, 0.15) is 0 Å². The molecule has 0 radical (unpaired) electrons. The normalized spacial score (nSPS) is 24.4. The largest absolute Gasteiger partial charge is 0.309 e. The number of nitriles is 1. The van der Waals surface area contributed by atoms with E-state index in [1.54, 1.807) is 6.08 Å². The third-order valence-electron chi connectivity index (χ3n) is 1.80. The number of hydrogen-bond acceptors (Lipinski definition) is 4. The average Bonchev–Trinajstić information content (AvgIpc) is 2.40. The van der Waals surface area contributed by atoms with Gasteiger partial charge >= 0.3 is 0 Å². The highest BCUT2D eigenvalue weighted by atomic mass is 32.2. The first-order valence-corrected chi connectivity index (χ1v) is 5.87. The Morgan fingerprint density at radius 1 is 1.62 bits per heavy atom. The maximum atomic E-state index is 11.0. The van der Waals surface area contributed by atoms with Gasteiger partial charge in [-0.15, -0.1) is 0 Å². The molecule has 0 spiro atoms. The molecular weight excluding hydrogens is 188 g/mol. The van der Waals surface area contributed by atoms with Gasteiger partial charge in [0.2, 0.25) is 0 Å². The summed E-state index contributed by atoms with van der Waals surface area (Å²) in [6, 6.07) is 1.97. The zero-order chi connectivity index (χ0) is 9.73. The summed E-state index contributed by atoms with van der Waals surface area (Å²) < 4.78 is 21.9. The predicted molar refractivity (Wildman–Crippen MR) is 49.6 cm³/mol. The first-order chi connectivity index (χ1) is 6.14. The molecule has 1 unspecified atom stereocenters. The van der Waals surface area contributed by atoms with E-state index in [-0.39, 0.29) is 11.8 Å². The minimum atomic E-state index is -2.95. The lowest BCUT2D eigenvalue weighted by atomic mass is 10.3. The summed E-state index contributed by atoms with van der Waals surface area (Å²) in [6.45, 7) is 0.693. The molecule has 1 N–H and O–H groups in total. The first-order valence-electron chi connectivity index (χ1n) is 4.15. The standard InChI is InChI=1S/C8H12N2O2S/c9-4-1-2-5-10-8-3-6-13(11,12)7-8/h3,6,8,10H,1-2,5,7H2. The maximum absolute atomic E-state index is 11.0. The van der Waals surface area contributed by atoms with E-state index in [1.807, 2.05) is 6.07 Å². The van der Waals surface area contributed by atoms with E-state index in [9.17, 15) is 8.42 Å². The average molecular weight is 200 g/mol. The minimum absolute atomic E-state index is 0.0660. The fourth-order valence-corrected chi connectivity index (χ4v) is 2.43. The molecule has 72 valence electrons. The van der Waals surface area contributed by atoms with Crippen molar-refractivity contribution < 1.29 is 8.42 Å². The number of nitrogens with zero attached hydrogens (tertiary/aromatic N) is 1. The van der Waals surface area contributed by atoms with E-state index in [2.05, 4.69) is 5.32 Å². The number of nitrogens with one attached hydrogen (secondary N) is 1. The molecule has 0 aromatic heterocycles. The van der Waals surface area contributed by atoms with Crippen LogP contribution in [0, 0.1) is 11.3 Å². The third kappa shape index (κ3) is 3.57. The van der Waals surface area contributed by atoms with Gasteiger partial charge in [0.05, 0.1) is 11.8 Å². The van der Waals surface area contributed by atoms with Crippen LogP contribution in [0.3, 0.4) is 0 Å². The van der Waals surface area contributed by atoms with Crippen LogP contribution >= 0.6 is 0 Å². The van der Waals surface area contributed by atoms with Crippen molar-refractivity contribution in [1.29, 1.82) is 5.26 Å². The minimum Gasteiger partial charge on any atom is -0.309 e. The van der Waals surface area contributed by atoms with Crippen LogP contribution in [0.25, 0.3) is 0 Å². The molecule has 0 bridgehead atoms. The fraction of sp³-hybridized carbons (Fsp3) is 0.625. The van der Waals surface area contributed by atoms with Crippen LogP contribution in [0.15, 0.2) is 11.5 Å². The van der Waals surface area contributed by atoms with Crippen LogP contribution < -0.4 is 5.32 Å². The van der Waals surface area contributed by atoms with Gasteiger partial charge in [-0.1, -0.05) is 6.08 Å². The molecule has 4 nitrogen and oxygen atoms in total. The van der Waals surface area contributed by atoms with E-state index in [4.69, 9.17) is 5.26 Å². The fourth-order valence-electron chi connectivity index (χ4n) is 1.16. The molecule has 0 aliphatic carbocycles. The van der Waals surface area contributed by atoms with Crippen molar-refractivity contribution in [3.63, 3.8) is 0 Å². The Morgan fingerprint density at radius 3 is 2.92 bits per heavy atom. The smallest absolute Gasteiger partial charge is 0.173 e. The summed E-state index contributed by atoms with van der Waals surface area (Å²) in [4.78, 5) is 0. The van der Waals surface area contributed by atoms with Gasteiger partial charge in [0.25, 0.3) is 0 Å². The predicted octanol–water partition coefficient (Wildman–Crippen LogP) is 0.190. The third-order valence-corrected chi connectivity index (χ3v) is 3.20. The summed E-state index contributed by atoms with van der Waals surface area (Å²) >= 11 is 0. The van der Waals surface area contributed by atoms with E-state index >= 15 is 0 Å². The Kier molecular flexibility index (Phi) is 3.46. The monoisotopic (exact) mass is 200 g/mol. The number of hydrogen-bond donors (Lipinski definition) is 1. The van der Waals surface area contributed by atoms with Crippen LogP contribution in [0.1, 0.15) is 12.8 Å². The molecule has 0 fully saturated rings. The zero-order valence-electron chi connectivity index (χ0n) is 7.23. The highest BCUT2D eigenvalue weighted by molar-refractivity contribution is 7.94.